The number of hydrogen-bond acceptors (Lipinski definition) is 3. The lowest BCUT2D eigenvalue weighted by Crippen LogP contribution is -2.37. The number of rotatable bonds is 3. The highest BCUT2D eigenvalue weighted by Crippen LogP contribution is 2.25. The molecule has 0 bridgehead atoms. The van der Waals surface area contributed by atoms with Gasteiger partial charge in [0.15, 0.2) is 0 Å². The number of carbonyl (C=O) groups excluding carboxylic acids is 1. The number of carboxylic acid groups (broad SMARTS) is 1. The molecule has 1 atom stereocenters. The highest BCUT2D eigenvalue weighted by atomic mass is 35.5. The van der Waals surface area contributed by atoms with Gasteiger partial charge in [0.25, 0.3) is 0 Å². The summed E-state index contributed by atoms with van der Waals surface area (Å²) in [4.78, 5) is 23.2. The van der Waals surface area contributed by atoms with Crippen molar-refractivity contribution in [3.63, 3.8) is 0 Å². The summed E-state index contributed by atoms with van der Waals surface area (Å²) in [5.41, 5.74) is 0.178. The minimum Gasteiger partial charge on any atom is -0.478 e. The molecule has 1 amide bonds. The number of carbonyl (C=O) groups is 2. The number of halogens is 1. The first kappa shape index (κ1) is 13.8. The van der Waals surface area contributed by atoms with Gasteiger partial charge in [0, 0.05) is 6.54 Å². The van der Waals surface area contributed by atoms with Gasteiger partial charge in [-0.05, 0) is 31.5 Å². The van der Waals surface area contributed by atoms with E-state index >= 15 is 0 Å². The van der Waals surface area contributed by atoms with Crippen LogP contribution in [0.5, 0.6) is 0 Å². The second kappa shape index (κ2) is 6.04. The predicted molar refractivity (Wildman–Crippen MR) is 72.6 cm³/mol. The number of anilines is 1. The zero-order valence-electron chi connectivity index (χ0n) is 10.3. The maximum atomic E-state index is 12.1. The fourth-order valence-corrected chi connectivity index (χ4v) is 2.41. The van der Waals surface area contributed by atoms with E-state index in [1.807, 2.05) is 0 Å². The Balaban J connectivity index is 2.16. The largest absolute Gasteiger partial charge is 0.478 e. The van der Waals surface area contributed by atoms with Crippen molar-refractivity contribution in [3.8, 4) is 0 Å². The fraction of sp³-hybridized carbons (Fsp3) is 0.385. The number of aromatic carboxylic acids is 1. The number of nitrogens with one attached hydrogen (secondary N) is 2. The van der Waals surface area contributed by atoms with E-state index in [9.17, 15) is 9.59 Å². The van der Waals surface area contributed by atoms with E-state index in [0.717, 1.165) is 19.4 Å². The first-order valence-electron chi connectivity index (χ1n) is 6.13. The zero-order chi connectivity index (χ0) is 13.8. The summed E-state index contributed by atoms with van der Waals surface area (Å²) < 4.78 is 0. The van der Waals surface area contributed by atoms with E-state index < -0.39 is 5.97 Å². The molecule has 0 aliphatic carbocycles. The van der Waals surface area contributed by atoms with Crippen molar-refractivity contribution in [2.45, 2.75) is 12.8 Å². The minimum absolute atomic E-state index is 0.0683. The Kier molecular flexibility index (Phi) is 4.39. The molecule has 0 radical (unpaired) electrons. The molecule has 0 aromatic heterocycles. The van der Waals surface area contributed by atoms with Crippen LogP contribution in [-0.2, 0) is 4.79 Å². The molecule has 102 valence electrons. The summed E-state index contributed by atoms with van der Waals surface area (Å²) in [7, 11) is 0. The van der Waals surface area contributed by atoms with Crippen LogP contribution in [0.3, 0.4) is 0 Å². The Morgan fingerprint density at radius 1 is 1.42 bits per heavy atom. The van der Waals surface area contributed by atoms with E-state index in [4.69, 9.17) is 16.7 Å². The Morgan fingerprint density at radius 2 is 2.21 bits per heavy atom. The van der Waals surface area contributed by atoms with Gasteiger partial charge in [-0.25, -0.2) is 4.79 Å². The van der Waals surface area contributed by atoms with E-state index in [1.54, 1.807) is 12.1 Å². The van der Waals surface area contributed by atoms with Gasteiger partial charge in [0.2, 0.25) is 5.91 Å². The molecule has 1 heterocycles. The molecule has 1 saturated heterocycles. The standard InChI is InChI=1S/C13H15ClN2O3/c14-9-4-1-5-10(11(9)13(18)19)16-12(17)8-3-2-6-15-7-8/h1,4-5,8,15H,2-3,6-7H2,(H,16,17)(H,18,19)/t8-/m0/s1. The highest BCUT2D eigenvalue weighted by molar-refractivity contribution is 6.34. The summed E-state index contributed by atoms with van der Waals surface area (Å²) in [6, 6.07) is 4.65. The van der Waals surface area contributed by atoms with Crippen LogP contribution >= 0.6 is 11.6 Å². The van der Waals surface area contributed by atoms with Crippen LogP contribution in [0.15, 0.2) is 18.2 Å². The van der Waals surface area contributed by atoms with Gasteiger partial charge < -0.3 is 15.7 Å². The number of hydrogen-bond donors (Lipinski definition) is 3. The number of amides is 1. The molecule has 1 aromatic rings. The monoisotopic (exact) mass is 282 g/mol. The third-order valence-electron chi connectivity index (χ3n) is 3.15. The summed E-state index contributed by atoms with van der Waals surface area (Å²) in [6.45, 7) is 1.54. The van der Waals surface area contributed by atoms with Gasteiger partial charge in [-0.1, -0.05) is 17.7 Å². The van der Waals surface area contributed by atoms with Crippen molar-refractivity contribution >= 4 is 29.2 Å². The lowest BCUT2D eigenvalue weighted by atomic mass is 9.98. The minimum atomic E-state index is -1.15. The van der Waals surface area contributed by atoms with Crippen LogP contribution in [-0.4, -0.2) is 30.1 Å². The molecular formula is C13H15ClN2O3. The number of benzene rings is 1. The quantitative estimate of drug-likeness (QED) is 0.792. The van der Waals surface area contributed by atoms with Gasteiger partial charge in [-0.3, -0.25) is 4.79 Å². The topological polar surface area (TPSA) is 78.4 Å². The first-order chi connectivity index (χ1) is 9.09. The normalized spacial score (nSPS) is 18.9. The summed E-state index contributed by atoms with van der Waals surface area (Å²) in [6.07, 6.45) is 1.75. The average Bonchev–Trinajstić information content (AvgIpc) is 2.39. The summed E-state index contributed by atoms with van der Waals surface area (Å²) in [5, 5.41) is 15.0. The SMILES string of the molecule is O=C(O)c1c(Cl)cccc1NC(=O)[C@H]1CCCNC1. The summed E-state index contributed by atoms with van der Waals surface area (Å²) in [5.74, 6) is -1.45. The number of piperidine rings is 1. The Labute approximate surface area is 116 Å². The van der Waals surface area contributed by atoms with Crippen molar-refractivity contribution in [3.05, 3.63) is 28.8 Å². The lowest BCUT2D eigenvalue weighted by molar-refractivity contribution is -0.120. The molecule has 1 aromatic carbocycles. The maximum absolute atomic E-state index is 12.1. The van der Waals surface area contributed by atoms with Crippen LogP contribution in [0, 0.1) is 5.92 Å². The Hall–Kier alpha value is -1.59. The van der Waals surface area contributed by atoms with Gasteiger partial charge in [-0.15, -0.1) is 0 Å². The third kappa shape index (κ3) is 3.24. The van der Waals surface area contributed by atoms with Crippen molar-refractivity contribution in [1.29, 1.82) is 0 Å². The van der Waals surface area contributed by atoms with E-state index in [0.29, 0.717) is 6.54 Å². The lowest BCUT2D eigenvalue weighted by Gasteiger charge is -2.22. The maximum Gasteiger partial charge on any atom is 0.339 e. The molecule has 19 heavy (non-hydrogen) atoms. The fourth-order valence-electron chi connectivity index (χ4n) is 2.16. The van der Waals surface area contributed by atoms with Crippen molar-refractivity contribution in [2.24, 2.45) is 5.92 Å². The van der Waals surface area contributed by atoms with Gasteiger partial charge in [-0.2, -0.15) is 0 Å². The van der Waals surface area contributed by atoms with Gasteiger partial charge in [0.05, 0.1) is 16.6 Å². The molecule has 1 fully saturated rings. The van der Waals surface area contributed by atoms with E-state index in [2.05, 4.69) is 10.6 Å². The predicted octanol–water partition coefficient (Wildman–Crippen LogP) is 1.98. The van der Waals surface area contributed by atoms with Gasteiger partial charge >= 0.3 is 5.97 Å². The third-order valence-corrected chi connectivity index (χ3v) is 3.47. The molecule has 2 rings (SSSR count). The molecule has 5 nitrogen and oxygen atoms in total. The van der Waals surface area contributed by atoms with E-state index in [1.165, 1.54) is 6.07 Å². The van der Waals surface area contributed by atoms with Crippen molar-refractivity contribution in [1.82, 2.24) is 5.32 Å². The molecular weight excluding hydrogens is 268 g/mol. The second-order valence-electron chi connectivity index (χ2n) is 4.50. The highest BCUT2D eigenvalue weighted by Gasteiger charge is 2.23. The second-order valence-corrected chi connectivity index (χ2v) is 4.91. The Bertz CT molecular complexity index is 499. The van der Waals surface area contributed by atoms with Crippen LogP contribution in [0.4, 0.5) is 5.69 Å². The molecule has 1 aliphatic heterocycles. The molecule has 0 unspecified atom stereocenters. The van der Waals surface area contributed by atoms with Crippen LogP contribution in [0.25, 0.3) is 0 Å². The average molecular weight is 283 g/mol. The Morgan fingerprint density at radius 3 is 2.84 bits per heavy atom. The van der Waals surface area contributed by atoms with E-state index in [-0.39, 0.29) is 28.1 Å². The first-order valence-corrected chi connectivity index (χ1v) is 6.51. The summed E-state index contributed by atoms with van der Waals surface area (Å²) >= 11 is 5.85. The molecule has 3 N–H and O–H groups in total. The molecule has 0 saturated carbocycles. The smallest absolute Gasteiger partial charge is 0.339 e. The molecule has 0 spiro atoms. The van der Waals surface area contributed by atoms with Crippen LogP contribution < -0.4 is 10.6 Å². The molecule has 1 aliphatic rings. The van der Waals surface area contributed by atoms with Crippen LogP contribution in [0.2, 0.25) is 5.02 Å². The van der Waals surface area contributed by atoms with Crippen molar-refractivity contribution in [2.75, 3.05) is 18.4 Å². The number of carboxylic acids is 1. The van der Waals surface area contributed by atoms with Crippen molar-refractivity contribution < 1.29 is 14.7 Å². The van der Waals surface area contributed by atoms with Gasteiger partial charge in [0.1, 0.15) is 5.56 Å². The van der Waals surface area contributed by atoms with Crippen LogP contribution in [0.1, 0.15) is 23.2 Å². The zero-order valence-corrected chi connectivity index (χ0v) is 11.0. The molecule has 6 heteroatoms.